The van der Waals surface area contributed by atoms with Gasteiger partial charge < -0.3 is 9.84 Å². The zero-order valence-electron chi connectivity index (χ0n) is 12.7. The molecule has 0 amide bonds. The minimum Gasteiger partial charge on any atom is -0.508 e. The summed E-state index contributed by atoms with van der Waals surface area (Å²) in [6.45, 7) is 7.43. The summed E-state index contributed by atoms with van der Waals surface area (Å²) < 4.78 is 5.93. The van der Waals surface area contributed by atoms with E-state index in [0.29, 0.717) is 17.9 Å². The van der Waals surface area contributed by atoms with E-state index < -0.39 is 0 Å². The number of likely N-dealkylation sites (tertiary alicyclic amines) is 1. The average Bonchev–Trinajstić information content (AvgIpc) is 2.48. The summed E-state index contributed by atoms with van der Waals surface area (Å²) in [7, 11) is 0. The Kier molecular flexibility index (Phi) is 5.86. The first-order chi connectivity index (χ1) is 9.74. The molecule has 112 valence electrons. The van der Waals surface area contributed by atoms with Crippen LogP contribution in [0.5, 0.6) is 5.75 Å². The molecule has 3 nitrogen and oxygen atoms in total. The maximum Gasteiger partial charge on any atom is 0.115 e. The van der Waals surface area contributed by atoms with E-state index in [-0.39, 0.29) is 0 Å². The van der Waals surface area contributed by atoms with Crippen molar-refractivity contribution in [3.8, 4) is 5.75 Å². The molecule has 0 radical (unpaired) electrons. The Balaban J connectivity index is 2.01. The molecule has 2 rings (SSSR count). The minimum absolute atomic E-state index is 0.339. The largest absolute Gasteiger partial charge is 0.508 e. The highest BCUT2D eigenvalue weighted by Gasteiger charge is 2.26. The second kappa shape index (κ2) is 7.65. The number of piperidine rings is 1. The molecule has 0 aliphatic carbocycles. The highest BCUT2D eigenvalue weighted by Crippen LogP contribution is 2.29. The van der Waals surface area contributed by atoms with E-state index in [2.05, 4.69) is 18.7 Å². The van der Waals surface area contributed by atoms with Gasteiger partial charge >= 0.3 is 0 Å². The Morgan fingerprint density at radius 2 is 2.05 bits per heavy atom. The summed E-state index contributed by atoms with van der Waals surface area (Å²) in [4.78, 5) is 2.54. The quantitative estimate of drug-likeness (QED) is 0.860. The van der Waals surface area contributed by atoms with Crippen molar-refractivity contribution in [3.05, 3.63) is 29.8 Å². The molecule has 1 heterocycles. The van der Waals surface area contributed by atoms with Crippen LogP contribution in [0.4, 0.5) is 0 Å². The predicted octanol–water partition coefficient (Wildman–Crippen LogP) is 3.73. The van der Waals surface area contributed by atoms with Gasteiger partial charge in [-0.3, -0.25) is 4.90 Å². The summed E-state index contributed by atoms with van der Waals surface area (Å²) in [5, 5.41) is 9.43. The van der Waals surface area contributed by atoms with E-state index in [1.807, 2.05) is 12.1 Å². The lowest BCUT2D eigenvalue weighted by molar-refractivity contribution is -0.0134. The summed E-state index contributed by atoms with van der Waals surface area (Å²) in [5.41, 5.74) is 1.29. The van der Waals surface area contributed by atoms with Crippen LogP contribution in [0.25, 0.3) is 0 Å². The number of phenols is 1. The molecule has 0 aromatic heterocycles. The van der Waals surface area contributed by atoms with Crippen LogP contribution in [-0.2, 0) is 4.74 Å². The van der Waals surface area contributed by atoms with Crippen molar-refractivity contribution in [2.45, 2.75) is 51.7 Å². The van der Waals surface area contributed by atoms with Gasteiger partial charge in [-0.05, 0) is 49.9 Å². The van der Waals surface area contributed by atoms with Crippen LogP contribution in [-0.4, -0.2) is 35.8 Å². The molecule has 0 spiro atoms. The van der Waals surface area contributed by atoms with Crippen molar-refractivity contribution in [2.24, 2.45) is 0 Å². The Morgan fingerprint density at radius 1 is 1.30 bits per heavy atom. The summed E-state index contributed by atoms with van der Waals surface area (Å²) in [6, 6.07) is 8.09. The average molecular weight is 277 g/mol. The van der Waals surface area contributed by atoms with Crippen LogP contribution in [0.3, 0.4) is 0 Å². The molecule has 1 aliphatic heterocycles. The highest BCUT2D eigenvalue weighted by molar-refractivity contribution is 5.28. The van der Waals surface area contributed by atoms with Gasteiger partial charge in [0.1, 0.15) is 5.75 Å². The fraction of sp³-hybridized carbons (Fsp3) is 0.647. The molecule has 1 saturated heterocycles. The molecule has 1 fully saturated rings. The van der Waals surface area contributed by atoms with Gasteiger partial charge in [-0.2, -0.15) is 0 Å². The van der Waals surface area contributed by atoms with E-state index >= 15 is 0 Å². The van der Waals surface area contributed by atoms with Crippen LogP contribution in [0.15, 0.2) is 24.3 Å². The van der Waals surface area contributed by atoms with Crippen LogP contribution in [0.1, 0.15) is 51.1 Å². The number of hydrogen-bond donors (Lipinski definition) is 1. The third kappa shape index (κ3) is 3.97. The Morgan fingerprint density at radius 3 is 2.70 bits per heavy atom. The Hall–Kier alpha value is -1.06. The smallest absolute Gasteiger partial charge is 0.115 e. The normalized spacial score (nSPS) is 21.8. The number of benzene rings is 1. The molecule has 1 aliphatic rings. The number of phenolic OH excluding ortho intramolecular Hbond substituents is 1. The molecule has 2 atom stereocenters. The zero-order chi connectivity index (χ0) is 14.4. The molecule has 1 aromatic rings. The lowest BCUT2D eigenvalue weighted by Crippen LogP contribution is -2.41. The third-order valence-corrected chi connectivity index (χ3v) is 4.07. The van der Waals surface area contributed by atoms with Crippen molar-refractivity contribution in [1.29, 1.82) is 0 Å². The molecule has 1 aromatic carbocycles. The molecule has 0 bridgehead atoms. The number of hydrogen-bond acceptors (Lipinski definition) is 3. The van der Waals surface area contributed by atoms with Gasteiger partial charge in [0.15, 0.2) is 0 Å². The number of aromatic hydroxyl groups is 1. The fourth-order valence-corrected chi connectivity index (χ4v) is 3.07. The third-order valence-electron chi connectivity index (χ3n) is 4.07. The second-order valence-corrected chi connectivity index (χ2v) is 5.65. The SMILES string of the molecule is CCCOC1CCCN(C(CC)c2ccc(O)cc2)C1. The van der Waals surface area contributed by atoms with Crippen molar-refractivity contribution in [2.75, 3.05) is 19.7 Å². The second-order valence-electron chi connectivity index (χ2n) is 5.65. The van der Waals surface area contributed by atoms with Crippen molar-refractivity contribution in [3.63, 3.8) is 0 Å². The van der Waals surface area contributed by atoms with Gasteiger partial charge in [0.05, 0.1) is 6.10 Å². The van der Waals surface area contributed by atoms with E-state index in [1.165, 1.54) is 18.4 Å². The first-order valence-electron chi connectivity index (χ1n) is 7.89. The standard InChI is InChI=1S/C17H27NO2/c1-3-12-20-16-6-5-11-18(13-16)17(4-2)14-7-9-15(19)10-8-14/h7-10,16-17,19H,3-6,11-13H2,1-2H3. The summed E-state index contributed by atoms with van der Waals surface area (Å²) in [6.07, 6.45) is 4.96. The molecule has 20 heavy (non-hydrogen) atoms. The van der Waals surface area contributed by atoms with Crippen LogP contribution < -0.4 is 0 Å². The highest BCUT2D eigenvalue weighted by atomic mass is 16.5. The predicted molar refractivity (Wildman–Crippen MR) is 82.0 cm³/mol. The molecule has 0 saturated carbocycles. The van der Waals surface area contributed by atoms with Crippen LogP contribution in [0, 0.1) is 0 Å². The monoisotopic (exact) mass is 277 g/mol. The maximum atomic E-state index is 9.43. The van der Waals surface area contributed by atoms with E-state index in [9.17, 15) is 5.11 Å². The molecule has 2 unspecified atom stereocenters. The van der Waals surface area contributed by atoms with Crippen LogP contribution in [0.2, 0.25) is 0 Å². The first-order valence-corrected chi connectivity index (χ1v) is 7.89. The van der Waals surface area contributed by atoms with Gasteiger partial charge in [0.2, 0.25) is 0 Å². The first kappa shape index (κ1) is 15.3. The molecular weight excluding hydrogens is 250 g/mol. The lowest BCUT2D eigenvalue weighted by atomic mass is 9.98. The van der Waals surface area contributed by atoms with Gasteiger partial charge in [0.25, 0.3) is 0 Å². The number of rotatable bonds is 6. The van der Waals surface area contributed by atoms with Gasteiger partial charge in [-0.15, -0.1) is 0 Å². The Labute approximate surface area is 122 Å². The maximum absolute atomic E-state index is 9.43. The summed E-state index contributed by atoms with van der Waals surface area (Å²) >= 11 is 0. The molecular formula is C17H27NO2. The zero-order valence-corrected chi connectivity index (χ0v) is 12.7. The van der Waals surface area contributed by atoms with Crippen molar-refractivity contribution >= 4 is 0 Å². The Bertz CT molecular complexity index is 390. The van der Waals surface area contributed by atoms with Gasteiger partial charge in [0, 0.05) is 19.2 Å². The summed E-state index contributed by atoms with van der Waals surface area (Å²) in [5.74, 6) is 0.339. The van der Waals surface area contributed by atoms with Crippen molar-refractivity contribution < 1.29 is 9.84 Å². The topological polar surface area (TPSA) is 32.7 Å². The lowest BCUT2D eigenvalue weighted by Gasteiger charge is -2.38. The fourth-order valence-electron chi connectivity index (χ4n) is 3.07. The number of ether oxygens (including phenoxy) is 1. The van der Waals surface area contributed by atoms with E-state index in [0.717, 1.165) is 32.5 Å². The number of nitrogens with zero attached hydrogens (tertiary/aromatic N) is 1. The minimum atomic E-state index is 0.339. The molecule has 3 heteroatoms. The molecule has 1 N–H and O–H groups in total. The van der Waals surface area contributed by atoms with Crippen molar-refractivity contribution in [1.82, 2.24) is 4.90 Å². The van der Waals surface area contributed by atoms with E-state index in [4.69, 9.17) is 4.74 Å². The van der Waals surface area contributed by atoms with E-state index in [1.54, 1.807) is 12.1 Å². The van der Waals surface area contributed by atoms with Crippen LogP contribution >= 0.6 is 0 Å². The van der Waals surface area contributed by atoms with Gasteiger partial charge in [-0.25, -0.2) is 0 Å². The van der Waals surface area contributed by atoms with Gasteiger partial charge in [-0.1, -0.05) is 26.0 Å².